The van der Waals surface area contributed by atoms with E-state index in [2.05, 4.69) is 12.2 Å². The maximum absolute atomic E-state index is 13.1. The van der Waals surface area contributed by atoms with E-state index in [0.29, 0.717) is 36.0 Å². The van der Waals surface area contributed by atoms with E-state index < -0.39 is 17.8 Å². The van der Waals surface area contributed by atoms with E-state index in [9.17, 15) is 14.4 Å². The molecule has 32 heavy (non-hydrogen) atoms. The summed E-state index contributed by atoms with van der Waals surface area (Å²) in [4.78, 5) is 39.0. The van der Waals surface area contributed by atoms with Crippen molar-refractivity contribution in [3.8, 4) is 11.5 Å². The van der Waals surface area contributed by atoms with Crippen LogP contribution in [0.4, 0.5) is 10.5 Å². The predicted octanol–water partition coefficient (Wildman–Crippen LogP) is 4.55. The van der Waals surface area contributed by atoms with Crippen LogP contribution in [-0.2, 0) is 9.59 Å². The molecular formula is C25H28N2O5. The maximum Gasteiger partial charge on any atom is 0.335 e. The van der Waals surface area contributed by atoms with E-state index in [1.54, 1.807) is 30.3 Å². The topological polar surface area (TPSA) is 84.9 Å². The van der Waals surface area contributed by atoms with Gasteiger partial charge in [0.15, 0.2) is 11.5 Å². The first-order chi connectivity index (χ1) is 15.3. The average molecular weight is 437 g/mol. The van der Waals surface area contributed by atoms with Crippen LogP contribution in [0.5, 0.6) is 11.5 Å². The van der Waals surface area contributed by atoms with E-state index in [1.807, 2.05) is 26.8 Å². The second-order valence-electron chi connectivity index (χ2n) is 7.57. The highest BCUT2D eigenvalue weighted by molar-refractivity contribution is 6.39. The van der Waals surface area contributed by atoms with E-state index in [0.717, 1.165) is 28.9 Å². The standard InChI is InChI=1S/C25H28N2O5/c1-5-7-12-32-21-11-9-18(15-22(21)31-6-2)14-20-23(28)26-25(30)27(24(20)29)19-10-8-16(3)17(4)13-19/h8-11,13-15H,5-7,12H2,1-4H3,(H,26,28,30). The molecule has 0 spiro atoms. The molecular weight excluding hydrogens is 408 g/mol. The van der Waals surface area contributed by atoms with Crippen molar-refractivity contribution in [2.75, 3.05) is 18.1 Å². The summed E-state index contributed by atoms with van der Waals surface area (Å²) in [6, 6.07) is 9.71. The second-order valence-corrected chi connectivity index (χ2v) is 7.57. The lowest BCUT2D eigenvalue weighted by Crippen LogP contribution is -2.54. The molecule has 0 aliphatic carbocycles. The summed E-state index contributed by atoms with van der Waals surface area (Å²) in [5, 5.41) is 2.25. The quantitative estimate of drug-likeness (QED) is 0.373. The lowest BCUT2D eigenvalue weighted by Gasteiger charge is -2.27. The number of nitrogens with one attached hydrogen (secondary N) is 1. The Morgan fingerprint density at radius 2 is 1.72 bits per heavy atom. The molecule has 1 aliphatic heterocycles. The van der Waals surface area contributed by atoms with E-state index >= 15 is 0 Å². The Morgan fingerprint density at radius 1 is 0.938 bits per heavy atom. The summed E-state index contributed by atoms with van der Waals surface area (Å²) in [5.74, 6) is -0.276. The SMILES string of the molecule is CCCCOc1ccc(C=C2C(=O)NC(=O)N(c3ccc(C)c(C)c3)C2=O)cc1OCC. The van der Waals surface area contributed by atoms with Crippen LogP contribution in [0.15, 0.2) is 42.0 Å². The molecule has 0 radical (unpaired) electrons. The minimum absolute atomic E-state index is 0.134. The van der Waals surface area contributed by atoms with Crippen LogP contribution in [0, 0.1) is 13.8 Å². The molecule has 2 aromatic rings. The number of ether oxygens (including phenoxy) is 2. The maximum atomic E-state index is 13.1. The van der Waals surface area contributed by atoms with Gasteiger partial charge in [0.25, 0.3) is 11.8 Å². The molecule has 0 aromatic heterocycles. The smallest absolute Gasteiger partial charge is 0.335 e. The number of urea groups is 1. The van der Waals surface area contributed by atoms with E-state index in [4.69, 9.17) is 9.47 Å². The van der Waals surface area contributed by atoms with Crippen LogP contribution in [0.1, 0.15) is 43.4 Å². The highest BCUT2D eigenvalue weighted by atomic mass is 16.5. The summed E-state index contributed by atoms with van der Waals surface area (Å²) >= 11 is 0. The highest BCUT2D eigenvalue weighted by Gasteiger charge is 2.36. The van der Waals surface area contributed by atoms with Crippen LogP contribution in [0.3, 0.4) is 0 Å². The van der Waals surface area contributed by atoms with Gasteiger partial charge in [-0.05, 0) is 74.2 Å². The van der Waals surface area contributed by atoms with Crippen molar-refractivity contribution in [2.45, 2.75) is 40.5 Å². The van der Waals surface area contributed by atoms with Gasteiger partial charge in [-0.2, -0.15) is 0 Å². The van der Waals surface area contributed by atoms with Gasteiger partial charge < -0.3 is 9.47 Å². The molecule has 4 amide bonds. The Labute approximate surface area is 188 Å². The van der Waals surface area contributed by atoms with Gasteiger partial charge in [-0.1, -0.05) is 25.5 Å². The number of imide groups is 2. The van der Waals surface area contributed by atoms with Crippen molar-refractivity contribution in [3.63, 3.8) is 0 Å². The van der Waals surface area contributed by atoms with E-state index in [1.165, 1.54) is 6.08 Å². The number of nitrogens with zero attached hydrogens (tertiary/aromatic N) is 1. The third-order valence-electron chi connectivity index (χ3n) is 5.18. The number of hydrogen-bond acceptors (Lipinski definition) is 5. The molecule has 2 aromatic carbocycles. The number of carbonyl (C=O) groups is 3. The van der Waals surface area contributed by atoms with Gasteiger partial charge in [0.2, 0.25) is 0 Å². The van der Waals surface area contributed by atoms with Crippen molar-refractivity contribution in [1.29, 1.82) is 0 Å². The fourth-order valence-corrected chi connectivity index (χ4v) is 3.25. The zero-order valence-corrected chi connectivity index (χ0v) is 18.9. The molecule has 7 nitrogen and oxygen atoms in total. The van der Waals surface area contributed by atoms with Gasteiger partial charge in [0, 0.05) is 0 Å². The summed E-state index contributed by atoms with van der Waals surface area (Å²) in [5.41, 5.74) is 2.83. The fraction of sp³-hybridized carbons (Fsp3) is 0.320. The Morgan fingerprint density at radius 3 is 2.41 bits per heavy atom. The van der Waals surface area contributed by atoms with Gasteiger partial charge in [-0.3, -0.25) is 14.9 Å². The Balaban J connectivity index is 1.94. The van der Waals surface area contributed by atoms with Crippen molar-refractivity contribution in [1.82, 2.24) is 5.32 Å². The number of amides is 4. The lowest BCUT2D eigenvalue weighted by atomic mass is 10.0. The highest BCUT2D eigenvalue weighted by Crippen LogP contribution is 2.30. The fourth-order valence-electron chi connectivity index (χ4n) is 3.25. The summed E-state index contributed by atoms with van der Waals surface area (Å²) in [6.07, 6.45) is 3.39. The largest absolute Gasteiger partial charge is 0.490 e. The Kier molecular flexibility index (Phi) is 7.30. The minimum Gasteiger partial charge on any atom is -0.490 e. The number of carbonyl (C=O) groups excluding carboxylic acids is 3. The first kappa shape index (κ1) is 23.1. The number of anilines is 1. The van der Waals surface area contributed by atoms with Gasteiger partial charge >= 0.3 is 6.03 Å². The minimum atomic E-state index is -0.768. The molecule has 0 saturated carbocycles. The van der Waals surface area contributed by atoms with Crippen LogP contribution >= 0.6 is 0 Å². The average Bonchev–Trinajstić information content (AvgIpc) is 2.75. The van der Waals surface area contributed by atoms with Crippen molar-refractivity contribution in [3.05, 3.63) is 58.7 Å². The number of barbiturate groups is 1. The van der Waals surface area contributed by atoms with Gasteiger partial charge in [-0.15, -0.1) is 0 Å². The molecule has 1 fully saturated rings. The first-order valence-electron chi connectivity index (χ1n) is 10.7. The van der Waals surface area contributed by atoms with Crippen LogP contribution in [0.25, 0.3) is 6.08 Å². The lowest BCUT2D eigenvalue weighted by molar-refractivity contribution is -0.122. The molecule has 0 atom stereocenters. The molecule has 1 heterocycles. The van der Waals surface area contributed by atoms with Crippen LogP contribution < -0.4 is 19.7 Å². The molecule has 1 N–H and O–H groups in total. The first-order valence-corrected chi connectivity index (χ1v) is 10.7. The van der Waals surface area contributed by atoms with Crippen molar-refractivity contribution >= 4 is 29.6 Å². The van der Waals surface area contributed by atoms with E-state index in [-0.39, 0.29) is 5.57 Å². The molecule has 3 rings (SSSR count). The van der Waals surface area contributed by atoms with Crippen molar-refractivity contribution < 1.29 is 23.9 Å². The second kappa shape index (κ2) is 10.1. The predicted molar refractivity (Wildman–Crippen MR) is 123 cm³/mol. The molecule has 1 aliphatic rings. The molecule has 0 unspecified atom stereocenters. The summed E-state index contributed by atoms with van der Waals surface area (Å²) in [7, 11) is 0. The monoisotopic (exact) mass is 436 g/mol. The molecule has 1 saturated heterocycles. The molecule has 168 valence electrons. The van der Waals surface area contributed by atoms with Crippen LogP contribution in [0.2, 0.25) is 0 Å². The number of benzene rings is 2. The summed E-state index contributed by atoms with van der Waals surface area (Å²) < 4.78 is 11.5. The number of rotatable bonds is 8. The summed E-state index contributed by atoms with van der Waals surface area (Å²) in [6.45, 7) is 8.81. The number of hydrogen-bond donors (Lipinski definition) is 1. The zero-order valence-electron chi connectivity index (χ0n) is 18.9. The number of unbranched alkanes of at least 4 members (excludes halogenated alkanes) is 1. The number of aryl methyl sites for hydroxylation is 2. The van der Waals surface area contributed by atoms with Crippen molar-refractivity contribution in [2.24, 2.45) is 0 Å². The Hall–Kier alpha value is -3.61. The van der Waals surface area contributed by atoms with Crippen LogP contribution in [-0.4, -0.2) is 31.1 Å². The third-order valence-corrected chi connectivity index (χ3v) is 5.18. The third kappa shape index (κ3) is 4.99. The van der Waals surface area contributed by atoms with Gasteiger partial charge in [0.05, 0.1) is 18.9 Å². The Bertz CT molecular complexity index is 1070. The zero-order chi connectivity index (χ0) is 23.3. The molecule has 7 heteroatoms. The van der Waals surface area contributed by atoms with Gasteiger partial charge in [0.1, 0.15) is 5.57 Å². The molecule has 0 bridgehead atoms. The normalized spacial score (nSPS) is 15.2. The van der Waals surface area contributed by atoms with Gasteiger partial charge in [-0.25, -0.2) is 9.69 Å².